The number of carbonyl (C=O) groups is 1. The van der Waals surface area contributed by atoms with Crippen LogP contribution in [0.3, 0.4) is 0 Å². The maximum Gasteiger partial charge on any atom is 0.142 e. The minimum atomic E-state index is -0.277. The Bertz CT molecular complexity index is 429. The van der Waals surface area contributed by atoms with Crippen molar-refractivity contribution in [2.45, 2.75) is 33.3 Å². The molecule has 0 heterocycles. The predicted molar refractivity (Wildman–Crippen MR) is 67.3 cm³/mol. The molecule has 0 N–H and O–H groups in total. The number of hydrogen-bond acceptors (Lipinski definition) is 2. The van der Waals surface area contributed by atoms with Gasteiger partial charge in [0, 0.05) is 18.3 Å². The van der Waals surface area contributed by atoms with E-state index in [2.05, 4.69) is 0 Å². The standard InChI is InChI=1S/C15H18O2/c1-15(2)10-13(8-9-14(15)16)17-11-12-6-4-3-5-7-12/h3-8H,9-11H2,1-2H3. The molecule has 0 saturated carbocycles. The molecule has 2 nitrogen and oxygen atoms in total. The smallest absolute Gasteiger partial charge is 0.142 e. The molecule has 17 heavy (non-hydrogen) atoms. The summed E-state index contributed by atoms with van der Waals surface area (Å²) in [5.74, 6) is 1.24. The molecule has 2 rings (SSSR count). The molecule has 0 radical (unpaired) electrons. The Balaban J connectivity index is 1.95. The fourth-order valence-corrected chi connectivity index (χ4v) is 1.95. The zero-order valence-electron chi connectivity index (χ0n) is 10.4. The van der Waals surface area contributed by atoms with E-state index in [9.17, 15) is 4.79 Å². The van der Waals surface area contributed by atoms with Crippen molar-refractivity contribution in [1.82, 2.24) is 0 Å². The van der Waals surface area contributed by atoms with Crippen molar-refractivity contribution >= 4 is 5.78 Å². The van der Waals surface area contributed by atoms with Gasteiger partial charge < -0.3 is 4.74 Å². The Labute approximate surface area is 102 Å². The van der Waals surface area contributed by atoms with Gasteiger partial charge >= 0.3 is 0 Å². The average molecular weight is 230 g/mol. The molecule has 90 valence electrons. The van der Waals surface area contributed by atoms with Gasteiger partial charge in [-0.3, -0.25) is 4.79 Å². The third kappa shape index (κ3) is 2.96. The molecule has 0 bridgehead atoms. The van der Waals surface area contributed by atoms with Gasteiger partial charge in [-0.2, -0.15) is 0 Å². The van der Waals surface area contributed by atoms with Gasteiger partial charge in [-0.05, 0) is 11.6 Å². The summed E-state index contributed by atoms with van der Waals surface area (Å²) in [4.78, 5) is 11.6. The number of ketones is 1. The zero-order valence-corrected chi connectivity index (χ0v) is 10.4. The van der Waals surface area contributed by atoms with Crippen LogP contribution < -0.4 is 0 Å². The average Bonchev–Trinajstić information content (AvgIpc) is 2.32. The lowest BCUT2D eigenvalue weighted by molar-refractivity contribution is -0.127. The lowest BCUT2D eigenvalue weighted by atomic mass is 9.79. The van der Waals surface area contributed by atoms with Crippen LogP contribution in [0.5, 0.6) is 0 Å². The van der Waals surface area contributed by atoms with Gasteiger partial charge in [-0.15, -0.1) is 0 Å². The molecule has 0 unspecified atom stereocenters. The van der Waals surface area contributed by atoms with Gasteiger partial charge in [0.1, 0.15) is 12.4 Å². The van der Waals surface area contributed by atoms with E-state index in [1.165, 1.54) is 0 Å². The molecule has 0 atom stereocenters. The Kier molecular flexibility index (Phi) is 3.32. The topological polar surface area (TPSA) is 26.3 Å². The van der Waals surface area contributed by atoms with Crippen molar-refractivity contribution in [3.05, 3.63) is 47.7 Å². The van der Waals surface area contributed by atoms with E-state index < -0.39 is 0 Å². The third-order valence-electron chi connectivity index (χ3n) is 3.15. The molecule has 2 heteroatoms. The van der Waals surface area contributed by atoms with Crippen LogP contribution in [0, 0.1) is 5.41 Å². The first-order valence-electron chi connectivity index (χ1n) is 5.97. The minimum absolute atomic E-state index is 0.277. The molecule has 1 aliphatic carbocycles. The fourth-order valence-electron chi connectivity index (χ4n) is 1.95. The molecular weight excluding hydrogens is 212 g/mol. The third-order valence-corrected chi connectivity index (χ3v) is 3.15. The summed E-state index contributed by atoms with van der Waals surface area (Å²) in [6.07, 6.45) is 3.12. The second-order valence-corrected chi connectivity index (χ2v) is 5.13. The molecule has 1 aromatic carbocycles. The van der Waals surface area contributed by atoms with Gasteiger partial charge in [0.25, 0.3) is 0 Å². The fraction of sp³-hybridized carbons (Fsp3) is 0.400. The largest absolute Gasteiger partial charge is 0.494 e. The summed E-state index contributed by atoms with van der Waals surface area (Å²) < 4.78 is 5.76. The van der Waals surface area contributed by atoms with Crippen LogP contribution in [0.2, 0.25) is 0 Å². The SMILES string of the molecule is CC1(C)CC(OCc2ccccc2)=CCC1=O. The number of ether oxygens (including phenoxy) is 1. The van der Waals surface area contributed by atoms with Gasteiger partial charge in [0.15, 0.2) is 0 Å². The molecule has 0 saturated heterocycles. The number of benzene rings is 1. The molecular formula is C15H18O2. The second kappa shape index (κ2) is 4.74. The summed E-state index contributed by atoms with van der Waals surface area (Å²) >= 11 is 0. The molecule has 0 aliphatic heterocycles. The summed E-state index contributed by atoms with van der Waals surface area (Å²) in [5, 5.41) is 0. The van der Waals surface area contributed by atoms with Gasteiger partial charge in [0.2, 0.25) is 0 Å². The second-order valence-electron chi connectivity index (χ2n) is 5.13. The number of hydrogen-bond donors (Lipinski definition) is 0. The van der Waals surface area contributed by atoms with Gasteiger partial charge in [0.05, 0.1) is 5.76 Å². The number of carbonyl (C=O) groups excluding carboxylic acids is 1. The lowest BCUT2D eigenvalue weighted by Crippen LogP contribution is -2.27. The van der Waals surface area contributed by atoms with Crippen LogP contribution in [0.1, 0.15) is 32.3 Å². The van der Waals surface area contributed by atoms with Crippen molar-refractivity contribution in [3.63, 3.8) is 0 Å². The summed E-state index contributed by atoms with van der Waals surface area (Å²) in [7, 11) is 0. The Hall–Kier alpha value is -1.57. The summed E-state index contributed by atoms with van der Waals surface area (Å²) in [6, 6.07) is 10.1. The number of rotatable bonds is 3. The number of Topliss-reactive ketones (excluding diaryl/α,β-unsaturated/α-hetero) is 1. The van der Waals surface area contributed by atoms with Crippen LogP contribution in [0.15, 0.2) is 42.2 Å². The van der Waals surface area contributed by atoms with Crippen LogP contribution in [-0.2, 0) is 16.1 Å². The number of allylic oxidation sites excluding steroid dienone is 2. The zero-order chi connectivity index (χ0) is 12.3. The monoisotopic (exact) mass is 230 g/mol. The van der Waals surface area contributed by atoms with E-state index in [0.717, 1.165) is 11.3 Å². The van der Waals surface area contributed by atoms with Crippen LogP contribution in [0.25, 0.3) is 0 Å². The Morgan fingerprint density at radius 2 is 1.94 bits per heavy atom. The van der Waals surface area contributed by atoms with Crippen LogP contribution in [0.4, 0.5) is 0 Å². The van der Waals surface area contributed by atoms with E-state index in [0.29, 0.717) is 25.2 Å². The summed E-state index contributed by atoms with van der Waals surface area (Å²) in [6.45, 7) is 4.54. The molecule has 0 amide bonds. The van der Waals surface area contributed by atoms with Gasteiger partial charge in [-0.1, -0.05) is 44.2 Å². The van der Waals surface area contributed by atoms with Crippen molar-refractivity contribution in [2.24, 2.45) is 5.41 Å². The van der Waals surface area contributed by atoms with E-state index in [-0.39, 0.29) is 5.41 Å². The molecule has 0 spiro atoms. The first kappa shape index (κ1) is 11.9. The quantitative estimate of drug-likeness (QED) is 0.794. The molecule has 0 fully saturated rings. The highest BCUT2D eigenvalue weighted by Gasteiger charge is 2.31. The van der Waals surface area contributed by atoms with Crippen LogP contribution in [-0.4, -0.2) is 5.78 Å². The van der Waals surface area contributed by atoms with Gasteiger partial charge in [-0.25, -0.2) is 0 Å². The maximum atomic E-state index is 11.6. The molecule has 1 aliphatic rings. The highest BCUT2D eigenvalue weighted by molar-refractivity contribution is 5.86. The first-order chi connectivity index (χ1) is 8.08. The van der Waals surface area contributed by atoms with Crippen molar-refractivity contribution in [2.75, 3.05) is 0 Å². The normalized spacial score (nSPS) is 18.7. The Morgan fingerprint density at radius 3 is 2.59 bits per heavy atom. The summed E-state index contributed by atoms with van der Waals surface area (Å²) in [5.41, 5.74) is 0.879. The van der Waals surface area contributed by atoms with E-state index >= 15 is 0 Å². The Morgan fingerprint density at radius 1 is 1.24 bits per heavy atom. The highest BCUT2D eigenvalue weighted by atomic mass is 16.5. The van der Waals surface area contributed by atoms with E-state index in [1.54, 1.807) is 0 Å². The minimum Gasteiger partial charge on any atom is -0.494 e. The molecule has 0 aromatic heterocycles. The van der Waals surface area contributed by atoms with Crippen molar-refractivity contribution in [1.29, 1.82) is 0 Å². The molecule has 1 aromatic rings. The van der Waals surface area contributed by atoms with E-state index in [1.807, 2.05) is 50.3 Å². The maximum absolute atomic E-state index is 11.6. The first-order valence-corrected chi connectivity index (χ1v) is 5.97. The van der Waals surface area contributed by atoms with E-state index in [4.69, 9.17) is 4.74 Å². The lowest BCUT2D eigenvalue weighted by Gasteiger charge is -2.28. The van der Waals surface area contributed by atoms with Crippen LogP contribution >= 0.6 is 0 Å². The predicted octanol–water partition coefficient (Wildman–Crippen LogP) is 3.48. The highest BCUT2D eigenvalue weighted by Crippen LogP contribution is 2.33. The van der Waals surface area contributed by atoms with Crippen molar-refractivity contribution < 1.29 is 9.53 Å². The van der Waals surface area contributed by atoms with Crippen molar-refractivity contribution in [3.8, 4) is 0 Å².